The molecule has 0 radical (unpaired) electrons. The first-order valence-electron chi connectivity index (χ1n) is 5.77. The van der Waals surface area contributed by atoms with E-state index in [-0.39, 0.29) is 18.3 Å². The highest BCUT2D eigenvalue weighted by Crippen LogP contribution is 2.14. The summed E-state index contributed by atoms with van der Waals surface area (Å²) in [6.45, 7) is 5.25. The van der Waals surface area contributed by atoms with Crippen LogP contribution in [0.5, 0.6) is 0 Å². The van der Waals surface area contributed by atoms with Crippen LogP contribution in [0.1, 0.15) is 13.8 Å². The number of nitrogens with one attached hydrogen (secondary N) is 1. The molecule has 0 aromatic carbocycles. The van der Waals surface area contributed by atoms with Gasteiger partial charge in [0.25, 0.3) is 0 Å². The number of Topliss-reactive ketones (excluding diaryl/α,β-unsaturated/α-hetero) is 1. The largest absolute Gasteiger partial charge is 0.394 e. The van der Waals surface area contributed by atoms with Gasteiger partial charge in [-0.2, -0.15) is 0 Å². The van der Waals surface area contributed by atoms with Gasteiger partial charge < -0.3 is 9.84 Å². The molecule has 17 heavy (non-hydrogen) atoms. The van der Waals surface area contributed by atoms with Crippen LogP contribution in [0.4, 0.5) is 0 Å². The molecule has 1 heterocycles. The molecule has 6 nitrogen and oxygen atoms in total. The van der Waals surface area contributed by atoms with Crippen molar-refractivity contribution >= 4 is 5.78 Å². The third-order valence-electron chi connectivity index (χ3n) is 2.41. The Labute approximate surface area is 102 Å². The van der Waals surface area contributed by atoms with Crippen molar-refractivity contribution in [3.8, 4) is 0 Å². The highest BCUT2D eigenvalue weighted by atomic mass is 16.5. The Morgan fingerprint density at radius 1 is 1.53 bits per heavy atom. The maximum atomic E-state index is 11.8. The van der Waals surface area contributed by atoms with Gasteiger partial charge in [-0.3, -0.25) is 14.8 Å². The van der Waals surface area contributed by atoms with Crippen LogP contribution in [0, 0.1) is 5.92 Å². The van der Waals surface area contributed by atoms with Crippen LogP contribution in [0.15, 0.2) is 11.9 Å². The summed E-state index contributed by atoms with van der Waals surface area (Å²) >= 11 is 0. The molecular formula is C11H21N3O3. The quantitative estimate of drug-likeness (QED) is 0.600. The van der Waals surface area contributed by atoms with Crippen molar-refractivity contribution in [2.24, 2.45) is 5.92 Å². The van der Waals surface area contributed by atoms with E-state index in [2.05, 4.69) is 5.53 Å². The Morgan fingerprint density at radius 3 is 2.82 bits per heavy atom. The van der Waals surface area contributed by atoms with Gasteiger partial charge in [-0.1, -0.05) is 13.8 Å². The Morgan fingerprint density at radius 2 is 2.24 bits per heavy atom. The van der Waals surface area contributed by atoms with E-state index in [0.717, 1.165) is 0 Å². The van der Waals surface area contributed by atoms with Crippen molar-refractivity contribution in [2.75, 3.05) is 33.4 Å². The number of allylic oxidation sites excluding steroid dienone is 1. The molecule has 0 bridgehead atoms. The maximum Gasteiger partial charge on any atom is 0.184 e. The lowest BCUT2D eigenvalue weighted by Gasteiger charge is -2.20. The second kappa shape index (κ2) is 6.58. The molecule has 0 atom stereocenters. The molecule has 1 rings (SSSR count). The van der Waals surface area contributed by atoms with E-state index in [1.165, 1.54) is 0 Å². The summed E-state index contributed by atoms with van der Waals surface area (Å²) in [4.78, 5) is 11.8. The maximum absolute atomic E-state index is 11.8. The SMILES string of the molecule is CC(C)C(=O)C1=CN(CCOCCO)NN1C. The van der Waals surface area contributed by atoms with Crippen molar-refractivity contribution in [1.29, 1.82) is 0 Å². The van der Waals surface area contributed by atoms with Crippen molar-refractivity contribution in [1.82, 2.24) is 15.6 Å². The van der Waals surface area contributed by atoms with Gasteiger partial charge in [-0.25, -0.2) is 0 Å². The Hall–Kier alpha value is -1.11. The highest BCUT2D eigenvalue weighted by Gasteiger charge is 2.24. The number of rotatable bonds is 7. The first kappa shape index (κ1) is 14.0. The van der Waals surface area contributed by atoms with Crippen LogP contribution in [0.2, 0.25) is 0 Å². The van der Waals surface area contributed by atoms with Crippen LogP contribution >= 0.6 is 0 Å². The van der Waals surface area contributed by atoms with Crippen LogP contribution in [-0.2, 0) is 9.53 Å². The number of carbonyl (C=O) groups is 1. The van der Waals surface area contributed by atoms with Gasteiger partial charge in [0.15, 0.2) is 5.78 Å². The van der Waals surface area contributed by atoms with E-state index in [0.29, 0.717) is 25.5 Å². The van der Waals surface area contributed by atoms with E-state index in [1.54, 1.807) is 23.3 Å². The number of aliphatic hydroxyl groups is 1. The molecule has 0 unspecified atom stereocenters. The zero-order valence-corrected chi connectivity index (χ0v) is 10.6. The van der Waals surface area contributed by atoms with E-state index in [4.69, 9.17) is 9.84 Å². The average molecular weight is 243 g/mol. The molecule has 1 aliphatic heterocycles. The molecule has 0 fully saturated rings. The lowest BCUT2D eigenvalue weighted by atomic mass is 10.1. The lowest BCUT2D eigenvalue weighted by Crippen LogP contribution is -2.40. The number of hydrogen-bond donors (Lipinski definition) is 2. The number of likely N-dealkylation sites (N-methyl/N-ethyl adjacent to an activating group) is 1. The minimum Gasteiger partial charge on any atom is -0.394 e. The fraction of sp³-hybridized carbons (Fsp3) is 0.727. The van der Waals surface area contributed by atoms with Gasteiger partial charge in [0.2, 0.25) is 0 Å². The highest BCUT2D eigenvalue weighted by molar-refractivity contribution is 5.96. The lowest BCUT2D eigenvalue weighted by molar-refractivity contribution is -0.119. The number of hydrazine groups is 2. The second-order valence-corrected chi connectivity index (χ2v) is 4.22. The molecule has 0 amide bonds. The van der Waals surface area contributed by atoms with Crippen molar-refractivity contribution in [3.63, 3.8) is 0 Å². The number of ketones is 1. The first-order valence-corrected chi connectivity index (χ1v) is 5.77. The molecule has 1 aliphatic rings. The van der Waals surface area contributed by atoms with E-state index >= 15 is 0 Å². The van der Waals surface area contributed by atoms with E-state index < -0.39 is 0 Å². The van der Waals surface area contributed by atoms with Crippen molar-refractivity contribution < 1.29 is 14.6 Å². The number of carbonyl (C=O) groups excluding carboxylic acids is 1. The molecule has 0 saturated carbocycles. The standard InChI is InChI=1S/C11H21N3O3/c1-9(2)11(16)10-8-14(12-13(10)3)4-6-17-7-5-15/h8-9,12,15H,4-7H2,1-3H3. The Bertz CT molecular complexity index is 292. The number of ether oxygens (including phenoxy) is 1. The third kappa shape index (κ3) is 3.99. The summed E-state index contributed by atoms with van der Waals surface area (Å²) in [5.41, 5.74) is 3.68. The van der Waals surface area contributed by atoms with Gasteiger partial charge in [-0.05, 0) is 0 Å². The molecule has 6 heteroatoms. The molecule has 0 saturated heterocycles. The summed E-state index contributed by atoms with van der Waals surface area (Å²) in [5, 5.41) is 12.1. The summed E-state index contributed by atoms with van der Waals surface area (Å²) in [6.07, 6.45) is 1.78. The molecule has 98 valence electrons. The van der Waals surface area contributed by atoms with Crippen LogP contribution in [-0.4, -0.2) is 54.3 Å². The van der Waals surface area contributed by atoms with Crippen LogP contribution < -0.4 is 5.53 Å². The summed E-state index contributed by atoms with van der Waals surface area (Å²) in [7, 11) is 1.81. The zero-order chi connectivity index (χ0) is 12.8. The number of aliphatic hydroxyl groups excluding tert-OH is 1. The van der Waals surface area contributed by atoms with Crippen molar-refractivity contribution in [2.45, 2.75) is 13.8 Å². The predicted molar refractivity (Wildman–Crippen MR) is 63.4 cm³/mol. The Balaban J connectivity index is 2.43. The van der Waals surface area contributed by atoms with Crippen LogP contribution in [0.3, 0.4) is 0 Å². The monoisotopic (exact) mass is 243 g/mol. The average Bonchev–Trinajstić information content (AvgIpc) is 2.65. The molecule has 0 spiro atoms. The van der Waals surface area contributed by atoms with Gasteiger partial charge in [0.1, 0.15) is 5.70 Å². The van der Waals surface area contributed by atoms with Crippen molar-refractivity contribution in [3.05, 3.63) is 11.9 Å². The molecule has 0 aromatic heterocycles. The number of hydrogen-bond acceptors (Lipinski definition) is 6. The third-order valence-corrected chi connectivity index (χ3v) is 2.41. The van der Waals surface area contributed by atoms with E-state index in [9.17, 15) is 4.79 Å². The van der Waals surface area contributed by atoms with Gasteiger partial charge in [-0.15, -0.1) is 5.53 Å². The number of nitrogens with zero attached hydrogens (tertiary/aromatic N) is 2. The topological polar surface area (TPSA) is 65.0 Å². The van der Waals surface area contributed by atoms with Gasteiger partial charge in [0.05, 0.1) is 26.4 Å². The first-order chi connectivity index (χ1) is 8.06. The molecule has 0 aromatic rings. The van der Waals surface area contributed by atoms with Gasteiger partial charge in [0, 0.05) is 19.2 Å². The smallest absolute Gasteiger partial charge is 0.184 e. The summed E-state index contributed by atoms with van der Waals surface area (Å²) in [5.74, 6) is 0.0925. The van der Waals surface area contributed by atoms with E-state index in [1.807, 2.05) is 13.8 Å². The molecule has 0 aliphatic carbocycles. The summed E-state index contributed by atoms with van der Waals surface area (Å²) in [6, 6.07) is 0. The minimum atomic E-state index is -0.0175. The second-order valence-electron chi connectivity index (χ2n) is 4.22. The fourth-order valence-electron chi connectivity index (χ4n) is 1.48. The van der Waals surface area contributed by atoms with Gasteiger partial charge >= 0.3 is 0 Å². The summed E-state index contributed by atoms with van der Waals surface area (Å²) < 4.78 is 5.16. The molecule has 2 N–H and O–H groups in total. The Kier molecular flexibility index (Phi) is 5.40. The predicted octanol–water partition coefficient (Wildman–Crippen LogP) is -0.271. The fourth-order valence-corrected chi connectivity index (χ4v) is 1.48. The molecular weight excluding hydrogens is 222 g/mol. The zero-order valence-electron chi connectivity index (χ0n) is 10.6. The minimum absolute atomic E-state index is 0.0175. The van der Waals surface area contributed by atoms with Crippen LogP contribution in [0.25, 0.3) is 0 Å². The normalized spacial score (nSPS) is 15.7.